The number of hydrogen-bond donors (Lipinski definition) is 1. The number of carbonyl (C=O) groups excluding carboxylic acids is 1. The standard InChI is InChI=1S/C30H29N3O4/c1-7-27(35)37-21(6)36-22-10-13-25(26(34)16-22)30-32-28(23-11-8-17(2)14-19(23)4)31-29(33-30)24-12-9-18(3)15-20(24)5/h7-16,21,34H,1H2,2-6H3. The van der Waals surface area contributed by atoms with Crippen molar-refractivity contribution in [1.82, 2.24) is 15.0 Å². The molecule has 0 spiro atoms. The Hall–Kier alpha value is -4.52. The monoisotopic (exact) mass is 495 g/mol. The van der Waals surface area contributed by atoms with E-state index in [4.69, 9.17) is 24.4 Å². The van der Waals surface area contributed by atoms with E-state index in [0.717, 1.165) is 39.5 Å². The molecule has 7 nitrogen and oxygen atoms in total. The zero-order valence-corrected chi connectivity index (χ0v) is 21.6. The van der Waals surface area contributed by atoms with Gasteiger partial charge in [0.2, 0.25) is 6.29 Å². The first-order valence-electron chi connectivity index (χ1n) is 11.9. The Balaban J connectivity index is 1.80. The van der Waals surface area contributed by atoms with Crippen LogP contribution in [0.3, 0.4) is 0 Å². The Kier molecular flexibility index (Phi) is 7.34. The highest BCUT2D eigenvalue weighted by atomic mass is 16.7. The van der Waals surface area contributed by atoms with Gasteiger partial charge in [-0.1, -0.05) is 54.1 Å². The van der Waals surface area contributed by atoms with Gasteiger partial charge in [0.05, 0.1) is 5.56 Å². The van der Waals surface area contributed by atoms with Crippen LogP contribution < -0.4 is 4.74 Å². The Bertz CT molecular complexity index is 1430. The third kappa shape index (κ3) is 5.83. The number of phenolic OH excluding ortho intramolecular Hbond substituents is 1. The van der Waals surface area contributed by atoms with Gasteiger partial charge in [0.15, 0.2) is 17.5 Å². The number of ether oxygens (including phenoxy) is 2. The third-order valence-corrected chi connectivity index (χ3v) is 5.84. The van der Waals surface area contributed by atoms with Crippen LogP contribution in [-0.4, -0.2) is 32.3 Å². The molecule has 1 atom stereocenters. The Morgan fingerprint density at radius 2 is 1.30 bits per heavy atom. The quantitative estimate of drug-likeness (QED) is 0.183. The smallest absolute Gasteiger partial charge is 0.333 e. The predicted octanol–water partition coefficient (Wildman–Crippen LogP) is 6.27. The van der Waals surface area contributed by atoms with Gasteiger partial charge >= 0.3 is 5.97 Å². The Morgan fingerprint density at radius 3 is 1.76 bits per heavy atom. The second-order valence-electron chi connectivity index (χ2n) is 8.95. The van der Waals surface area contributed by atoms with Gasteiger partial charge in [-0.05, 0) is 51.0 Å². The summed E-state index contributed by atoms with van der Waals surface area (Å²) in [6, 6.07) is 17.0. The molecule has 0 aliphatic rings. The predicted molar refractivity (Wildman–Crippen MR) is 143 cm³/mol. The first-order valence-corrected chi connectivity index (χ1v) is 11.9. The van der Waals surface area contributed by atoms with Crippen LogP contribution in [-0.2, 0) is 9.53 Å². The van der Waals surface area contributed by atoms with Crippen LogP contribution in [0, 0.1) is 27.7 Å². The molecule has 188 valence electrons. The molecule has 7 heteroatoms. The number of aromatic nitrogens is 3. The first kappa shape index (κ1) is 25.6. The summed E-state index contributed by atoms with van der Waals surface area (Å²) in [5.41, 5.74) is 6.56. The molecule has 1 aromatic heterocycles. The molecule has 0 fully saturated rings. The van der Waals surface area contributed by atoms with Crippen LogP contribution in [0.4, 0.5) is 0 Å². The topological polar surface area (TPSA) is 94.4 Å². The van der Waals surface area contributed by atoms with E-state index in [1.807, 2.05) is 52.0 Å². The van der Waals surface area contributed by atoms with Gasteiger partial charge in [-0.25, -0.2) is 19.7 Å². The van der Waals surface area contributed by atoms with E-state index in [0.29, 0.717) is 28.8 Å². The summed E-state index contributed by atoms with van der Waals surface area (Å²) in [5, 5.41) is 10.9. The first-order chi connectivity index (χ1) is 17.6. The number of phenols is 1. The van der Waals surface area contributed by atoms with Gasteiger partial charge in [0.25, 0.3) is 0 Å². The number of carbonyl (C=O) groups is 1. The van der Waals surface area contributed by atoms with E-state index < -0.39 is 12.3 Å². The number of aromatic hydroxyl groups is 1. The van der Waals surface area contributed by atoms with Crippen molar-refractivity contribution in [3.05, 3.63) is 89.5 Å². The van der Waals surface area contributed by atoms with Crippen molar-refractivity contribution in [3.63, 3.8) is 0 Å². The lowest BCUT2D eigenvalue weighted by molar-refractivity contribution is -0.154. The highest BCUT2D eigenvalue weighted by Gasteiger charge is 2.18. The van der Waals surface area contributed by atoms with Crippen molar-refractivity contribution in [2.45, 2.75) is 40.9 Å². The number of aryl methyl sites for hydroxylation is 4. The molecule has 0 aliphatic carbocycles. The van der Waals surface area contributed by atoms with Crippen molar-refractivity contribution in [2.24, 2.45) is 0 Å². The Morgan fingerprint density at radius 1 is 0.811 bits per heavy atom. The third-order valence-electron chi connectivity index (χ3n) is 5.84. The maximum Gasteiger partial charge on any atom is 0.333 e. The zero-order chi connectivity index (χ0) is 26.7. The largest absolute Gasteiger partial charge is 0.507 e. The molecule has 4 rings (SSSR count). The summed E-state index contributed by atoms with van der Waals surface area (Å²) in [6.45, 7) is 13.1. The van der Waals surface area contributed by atoms with Crippen LogP contribution in [0.1, 0.15) is 29.2 Å². The van der Waals surface area contributed by atoms with E-state index in [2.05, 4.69) is 18.7 Å². The molecular formula is C30H29N3O4. The van der Waals surface area contributed by atoms with E-state index in [9.17, 15) is 9.90 Å². The molecule has 0 bridgehead atoms. The number of nitrogens with zero attached hydrogens (tertiary/aromatic N) is 3. The average Bonchev–Trinajstić information content (AvgIpc) is 2.83. The van der Waals surface area contributed by atoms with Crippen LogP contribution in [0.15, 0.2) is 67.3 Å². The fraction of sp³-hybridized carbons (Fsp3) is 0.200. The molecule has 37 heavy (non-hydrogen) atoms. The zero-order valence-electron chi connectivity index (χ0n) is 21.6. The molecule has 0 aliphatic heterocycles. The Labute approximate surface area is 216 Å². The van der Waals surface area contributed by atoms with Crippen LogP contribution in [0.5, 0.6) is 11.5 Å². The van der Waals surface area contributed by atoms with Crippen molar-refractivity contribution < 1.29 is 19.4 Å². The van der Waals surface area contributed by atoms with Crippen molar-refractivity contribution in [3.8, 4) is 45.7 Å². The average molecular weight is 496 g/mol. The second kappa shape index (κ2) is 10.6. The molecule has 3 aromatic carbocycles. The van der Waals surface area contributed by atoms with E-state index in [1.165, 1.54) is 6.07 Å². The molecule has 1 N–H and O–H groups in total. The molecule has 1 heterocycles. The van der Waals surface area contributed by atoms with Gasteiger partial charge in [0.1, 0.15) is 11.5 Å². The van der Waals surface area contributed by atoms with E-state index in [1.54, 1.807) is 19.1 Å². The van der Waals surface area contributed by atoms with Crippen LogP contribution >= 0.6 is 0 Å². The molecular weight excluding hydrogens is 466 g/mol. The molecule has 0 saturated carbocycles. The van der Waals surface area contributed by atoms with Gasteiger partial charge in [-0.2, -0.15) is 0 Å². The van der Waals surface area contributed by atoms with Crippen LogP contribution in [0.25, 0.3) is 34.2 Å². The fourth-order valence-corrected chi connectivity index (χ4v) is 4.07. The highest BCUT2D eigenvalue weighted by molar-refractivity contribution is 5.81. The summed E-state index contributed by atoms with van der Waals surface area (Å²) in [7, 11) is 0. The molecule has 1 unspecified atom stereocenters. The highest BCUT2D eigenvalue weighted by Crippen LogP contribution is 2.34. The number of rotatable bonds is 7. The molecule has 4 aromatic rings. The summed E-state index contributed by atoms with van der Waals surface area (Å²) >= 11 is 0. The number of benzene rings is 3. The van der Waals surface area contributed by atoms with E-state index >= 15 is 0 Å². The lowest BCUT2D eigenvalue weighted by atomic mass is 10.0. The SMILES string of the molecule is C=CC(=O)OC(C)Oc1ccc(-c2nc(-c3ccc(C)cc3C)nc(-c3ccc(C)cc3C)n2)c(O)c1. The minimum atomic E-state index is -0.861. The van der Waals surface area contributed by atoms with Crippen molar-refractivity contribution in [2.75, 3.05) is 0 Å². The molecule has 0 amide bonds. The lowest BCUT2D eigenvalue weighted by Crippen LogP contribution is -2.19. The second-order valence-corrected chi connectivity index (χ2v) is 8.95. The normalized spacial score (nSPS) is 11.6. The molecule has 0 saturated heterocycles. The van der Waals surface area contributed by atoms with E-state index in [-0.39, 0.29) is 5.75 Å². The number of hydrogen-bond acceptors (Lipinski definition) is 7. The minimum Gasteiger partial charge on any atom is -0.507 e. The van der Waals surface area contributed by atoms with Gasteiger partial charge in [0, 0.05) is 30.2 Å². The maximum atomic E-state index is 11.4. The van der Waals surface area contributed by atoms with Gasteiger partial charge < -0.3 is 14.6 Å². The summed E-state index contributed by atoms with van der Waals surface area (Å²) < 4.78 is 10.6. The molecule has 0 radical (unpaired) electrons. The lowest BCUT2D eigenvalue weighted by Gasteiger charge is -2.15. The van der Waals surface area contributed by atoms with Gasteiger partial charge in [-0.3, -0.25) is 0 Å². The van der Waals surface area contributed by atoms with Gasteiger partial charge in [-0.15, -0.1) is 0 Å². The maximum absolute atomic E-state index is 11.4. The summed E-state index contributed by atoms with van der Waals surface area (Å²) in [4.78, 5) is 25.7. The summed E-state index contributed by atoms with van der Waals surface area (Å²) in [5.74, 6) is 1.00. The van der Waals surface area contributed by atoms with Crippen molar-refractivity contribution >= 4 is 5.97 Å². The van der Waals surface area contributed by atoms with Crippen molar-refractivity contribution in [1.29, 1.82) is 0 Å². The number of esters is 1. The minimum absolute atomic E-state index is 0.0795. The van der Waals surface area contributed by atoms with Crippen LogP contribution in [0.2, 0.25) is 0 Å². The summed E-state index contributed by atoms with van der Waals surface area (Å²) in [6.07, 6.45) is 0.196. The fourth-order valence-electron chi connectivity index (χ4n) is 4.07.